The lowest BCUT2D eigenvalue weighted by Crippen LogP contribution is -2.08. The summed E-state index contributed by atoms with van der Waals surface area (Å²) in [6, 6.07) is 5.08. The fourth-order valence-corrected chi connectivity index (χ4v) is 1.67. The van der Waals surface area contributed by atoms with Gasteiger partial charge in [-0.05, 0) is 6.92 Å². The zero-order valence-electron chi connectivity index (χ0n) is 12.9. The third kappa shape index (κ3) is 4.06. The molecule has 7 nitrogen and oxygen atoms in total. The van der Waals surface area contributed by atoms with Crippen molar-refractivity contribution in [1.29, 1.82) is 5.26 Å². The van der Waals surface area contributed by atoms with Crippen LogP contribution >= 0.6 is 0 Å². The molecule has 118 valence electrons. The molecule has 0 aliphatic carbocycles. The minimum absolute atomic E-state index is 0.143. The smallest absolute Gasteiger partial charge is 0.350 e. The van der Waals surface area contributed by atoms with E-state index in [4.69, 9.17) is 24.2 Å². The third-order valence-electron chi connectivity index (χ3n) is 2.66. The second-order valence-electron chi connectivity index (χ2n) is 3.95. The summed E-state index contributed by atoms with van der Waals surface area (Å²) in [6.07, 6.45) is 1.26. The number of carbonyl (C=O) groups is 1. The van der Waals surface area contributed by atoms with Gasteiger partial charge in [-0.3, -0.25) is 0 Å². The molecular weight excluding hydrogens is 288 g/mol. The van der Waals surface area contributed by atoms with Crippen molar-refractivity contribution in [3.05, 3.63) is 23.9 Å². The summed E-state index contributed by atoms with van der Waals surface area (Å²) in [5, 5.41) is 11.8. The van der Waals surface area contributed by atoms with E-state index in [-0.39, 0.29) is 12.2 Å². The number of ether oxygens (including phenoxy) is 4. The summed E-state index contributed by atoms with van der Waals surface area (Å²) >= 11 is 0. The first-order valence-corrected chi connectivity index (χ1v) is 6.45. The Kier molecular flexibility index (Phi) is 6.57. The van der Waals surface area contributed by atoms with Gasteiger partial charge in [-0.1, -0.05) is 0 Å². The van der Waals surface area contributed by atoms with E-state index in [2.05, 4.69) is 5.32 Å². The van der Waals surface area contributed by atoms with Crippen LogP contribution in [0.1, 0.15) is 6.92 Å². The number of hydrogen-bond donors (Lipinski definition) is 1. The largest absolute Gasteiger partial charge is 0.493 e. The third-order valence-corrected chi connectivity index (χ3v) is 2.66. The van der Waals surface area contributed by atoms with Gasteiger partial charge >= 0.3 is 5.97 Å². The molecule has 1 rings (SSSR count). The zero-order chi connectivity index (χ0) is 16.5. The van der Waals surface area contributed by atoms with E-state index in [1.165, 1.54) is 27.5 Å². The Morgan fingerprint density at radius 1 is 1.23 bits per heavy atom. The van der Waals surface area contributed by atoms with Gasteiger partial charge in [-0.2, -0.15) is 5.26 Å². The lowest BCUT2D eigenvalue weighted by molar-refractivity contribution is -0.138. The Morgan fingerprint density at radius 3 is 2.23 bits per heavy atom. The predicted octanol–water partition coefficient (Wildman–Crippen LogP) is 2.09. The Balaban J connectivity index is 3.08. The monoisotopic (exact) mass is 306 g/mol. The van der Waals surface area contributed by atoms with Crippen LogP contribution in [0.2, 0.25) is 0 Å². The van der Waals surface area contributed by atoms with Crippen molar-refractivity contribution in [2.24, 2.45) is 0 Å². The Morgan fingerprint density at radius 2 is 1.82 bits per heavy atom. The average molecular weight is 306 g/mol. The first-order valence-electron chi connectivity index (χ1n) is 6.45. The fourth-order valence-electron chi connectivity index (χ4n) is 1.67. The number of carbonyl (C=O) groups excluding carboxylic acids is 1. The van der Waals surface area contributed by atoms with Crippen molar-refractivity contribution in [2.75, 3.05) is 33.3 Å². The van der Waals surface area contributed by atoms with Crippen molar-refractivity contribution in [2.45, 2.75) is 6.92 Å². The van der Waals surface area contributed by atoms with E-state index < -0.39 is 5.97 Å². The van der Waals surface area contributed by atoms with Gasteiger partial charge in [-0.15, -0.1) is 0 Å². The van der Waals surface area contributed by atoms with E-state index >= 15 is 0 Å². The van der Waals surface area contributed by atoms with E-state index in [0.717, 1.165) is 0 Å². The highest BCUT2D eigenvalue weighted by Gasteiger charge is 2.14. The minimum atomic E-state index is -0.690. The van der Waals surface area contributed by atoms with E-state index in [1.54, 1.807) is 25.1 Å². The number of anilines is 1. The SMILES string of the molecule is CCOC(=O)/C(C#N)=C/Nc1cc(OC)c(OC)c(OC)c1. The van der Waals surface area contributed by atoms with Crippen molar-refractivity contribution >= 4 is 11.7 Å². The number of esters is 1. The van der Waals surface area contributed by atoms with Gasteiger partial charge in [0.15, 0.2) is 17.1 Å². The van der Waals surface area contributed by atoms with Crippen molar-refractivity contribution in [3.63, 3.8) is 0 Å². The lowest BCUT2D eigenvalue weighted by Gasteiger charge is -2.14. The molecule has 22 heavy (non-hydrogen) atoms. The second kappa shape index (κ2) is 8.42. The number of rotatable bonds is 7. The maximum absolute atomic E-state index is 11.5. The molecule has 1 aromatic carbocycles. The van der Waals surface area contributed by atoms with Gasteiger partial charge in [0.2, 0.25) is 5.75 Å². The molecule has 0 aromatic heterocycles. The molecule has 0 amide bonds. The van der Waals surface area contributed by atoms with Crippen LogP contribution in [-0.4, -0.2) is 33.9 Å². The molecule has 0 bridgehead atoms. The molecular formula is C15H18N2O5. The predicted molar refractivity (Wildman–Crippen MR) is 80.0 cm³/mol. The lowest BCUT2D eigenvalue weighted by atomic mass is 10.2. The van der Waals surface area contributed by atoms with Crippen LogP contribution in [0.25, 0.3) is 0 Å². The standard InChI is InChI=1S/C15H18N2O5/c1-5-22-15(18)10(8-16)9-17-11-6-12(19-2)14(21-4)13(7-11)20-3/h6-7,9,17H,5H2,1-4H3/b10-9+. The van der Waals surface area contributed by atoms with Crippen molar-refractivity contribution < 1.29 is 23.7 Å². The van der Waals surface area contributed by atoms with Crippen LogP contribution in [0.5, 0.6) is 17.2 Å². The molecule has 0 spiro atoms. The summed E-state index contributed by atoms with van der Waals surface area (Å²) in [7, 11) is 4.49. The van der Waals surface area contributed by atoms with E-state index in [9.17, 15) is 4.79 Å². The molecule has 0 radical (unpaired) electrons. The Labute approximate surface area is 129 Å². The zero-order valence-corrected chi connectivity index (χ0v) is 12.9. The van der Waals surface area contributed by atoms with E-state index in [1.807, 2.05) is 0 Å². The molecule has 0 atom stereocenters. The van der Waals surface area contributed by atoms with Crippen LogP contribution in [0.4, 0.5) is 5.69 Å². The quantitative estimate of drug-likeness (QED) is 0.468. The highest BCUT2D eigenvalue weighted by molar-refractivity contribution is 5.93. The molecule has 0 saturated carbocycles. The summed E-state index contributed by atoms with van der Waals surface area (Å²) in [5.74, 6) is 0.662. The highest BCUT2D eigenvalue weighted by Crippen LogP contribution is 2.39. The van der Waals surface area contributed by atoms with Gasteiger partial charge in [0.25, 0.3) is 0 Å². The molecule has 0 unspecified atom stereocenters. The summed E-state index contributed by atoms with van der Waals surface area (Å²) in [6.45, 7) is 1.86. The average Bonchev–Trinajstić information content (AvgIpc) is 2.54. The van der Waals surface area contributed by atoms with Crippen LogP contribution in [0.15, 0.2) is 23.9 Å². The maximum atomic E-state index is 11.5. The Bertz CT molecular complexity index is 579. The molecule has 0 aliphatic heterocycles. The molecule has 1 aromatic rings. The van der Waals surface area contributed by atoms with Crippen LogP contribution in [0.3, 0.4) is 0 Å². The van der Waals surface area contributed by atoms with Gasteiger partial charge in [0, 0.05) is 24.0 Å². The number of hydrogen-bond acceptors (Lipinski definition) is 7. The molecule has 0 saturated heterocycles. The van der Waals surface area contributed by atoms with Crippen LogP contribution in [0, 0.1) is 11.3 Å². The van der Waals surface area contributed by atoms with Crippen molar-refractivity contribution in [1.82, 2.24) is 0 Å². The molecule has 0 fully saturated rings. The molecule has 7 heteroatoms. The molecule has 1 N–H and O–H groups in total. The van der Waals surface area contributed by atoms with Gasteiger partial charge in [0.05, 0.1) is 27.9 Å². The maximum Gasteiger partial charge on any atom is 0.350 e. The van der Waals surface area contributed by atoms with Gasteiger partial charge in [0.1, 0.15) is 6.07 Å². The summed E-state index contributed by atoms with van der Waals surface area (Å²) in [5.41, 5.74) is 0.419. The topological polar surface area (TPSA) is 89.8 Å². The molecule has 0 aliphatic rings. The number of nitriles is 1. The number of methoxy groups -OCH3 is 3. The fraction of sp³-hybridized carbons (Fsp3) is 0.333. The summed E-state index contributed by atoms with van der Waals surface area (Å²) in [4.78, 5) is 11.5. The number of nitrogens with zero attached hydrogens (tertiary/aromatic N) is 1. The second-order valence-corrected chi connectivity index (χ2v) is 3.95. The minimum Gasteiger partial charge on any atom is -0.493 e. The van der Waals surface area contributed by atoms with Crippen molar-refractivity contribution in [3.8, 4) is 23.3 Å². The summed E-state index contributed by atoms with van der Waals surface area (Å²) < 4.78 is 20.4. The van der Waals surface area contributed by atoms with Crippen LogP contribution < -0.4 is 19.5 Å². The van der Waals surface area contributed by atoms with Gasteiger partial charge < -0.3 is 24.3 Å². The number of nitrogens with one attached hydrogen (secondary N) is 1. The Hall–Kier alpha value is -2.88. The van der Waals surface area contributed by atoms with Crippen LogP contribution in [-0.2, 0) is 9.53 Å². The highest BCUT2D eigenvalue weighted by atomic mass is 16.5. The number of benzene rings is 1. The normalized spacial score (nSPS) is 10.4. The first kappa shape index (κ1) is 17.2. The molecule has 0 heterocycles. The van der Waals surface area contributed by atoms with Gasteiger partial charge in [-0.25, -0.2) is 4.79 Å². The van der Waals surface area contributed by atoms with E-state index in [0.29, 0.717) is 22.9 Å². The first-order chi connectivity index (χ1) is 10.6.